The molecule has 0 spiro atoms. The van der Waals surface area contributed by atoms with Gasteiger partial charge < -0.3 is 5.32 Å². The van der Waals surface area contributed by atoms with E-state index in [4.69, 9.17) is 0 Å². The molecule has 1 aromatic carbocycles. The molecule has 0 saturated heterocycles. The first-order valence-corrected chi connectivity index (χ1v) is 7.31. The molecule has 0 saturated carbocycles. The lowest BCUT2D eigenvalue weighted by molar-refractivity contribution is 0.141. The van der Waals surface area contributed by atoms with E-state index < -0.39 is 12.2 Å². The highest BCUT2D eigenvalue weighted by Crippen LogP contribution is 2.25. The van der Waals surface area contributed by atoms with Gasteiger partial charge in [0, 0.05) is 17.2 Å². The Morgan fingerprint density at radius 2 is 2.00 bits per heavy atom. The molecule has 3 nitrogen and oxygen atoms in total. The van der Waals surface area contributed by atoms with E-state index in [0.717, 1.165) is 11.1 Å². The van der Waals surface area contributed by atoms with Gasteiger partial charge in [0.05, 0.1) is 5.52 Å². The van der Waals surface area contributed by atoms with Crippen molar-refractivity contribution in [2.24, 2.45) is 0 Å². The van der Waals surface area contributed by atoms with Gasteiger partial charge in [0.2, 0.25) is 0 Å². The van der Waals surface area contributed by atoms with E-state index in [1.807, 2.05) is 25.3 Å². The summed E-state index contributed by atoms with van der Waals surface area (Å²) in [6.45, 7) is 2.00. The molecule has 19 heavy (non-hydrogen) atoms. The zero-order chi connectivity index (χ0) is 13.8. The van der Waals surface area contributed by atoms with E-state index in [-0.39, 0.29) is 6.04 Å². The monoisotopic (exact) mass is 283 g/mol. The molecule has 2 aromatic rings. The van der Waals surface area contributed by atoms with Crippen molar-refractivity contribution in [3.8, 4) is 0 Å². The Kier molecular flexibility index (Phi) is 4.52. The van der Waals surface area contributed by atoms with E-state index in [9.17, 15) is 8.78 Å². The highest BCUT2D eigenvalue weighted by Gasteiger charge is 2.15. The number of hydrogen-bond donors (Lipinski definition) is 1. The third-order valence-corrected chi connectivity index (χ3v) is 3.45. The van der Waals surface area contributed by atoms with Crippen LogP contribution >= 0.6 is 11.8 Å². The number of anilines is 1. The molecule has 6 heteroatoms. The van der Waals surface area contributed by atoms with Crippen molar-refractivity contribution in [1.29, 1.82) is 0 Å². The van der Waals surface area contributed by atoms with Gasteiger partial charge in [0.25, 0.3) is 6.43 Å². The number of thioether (sulfide) groups is 1. The zero-order valence-electron chi connectivity index (χ0n) is 10.7. The zero-order valence-corrected chi connectivity index (χ0v) is 11.5. The van der Waals surface area contributed by atoms with Crippen molar-refractivity contribution >= 4 is 28.5 Å². The first-order valence-electron chi connectivity index (χ1n) is 5.92. The molecule has 1 aromatic heterocycles. The maximum atomic E-state index is 12.8. The number of aromatic nitrogens is 2. The minimum Gasteiger partial charge on any atom is -0.366 e. The molecule has 1 heterocycles. The van der Waals surface area contributed by atoms with Crippen LogP contribution in [-0.4, -0.2) is 28.0 Å². The number of hydrogen-bond acceptors (Lipinski definition) is 4. The molecule has 1 atom stereocenters. The molecular formula is C13H15F2N3S. The molecule has 0 aliphatic rings. The standard InChI is InChI=1S/C13H15F2N3S/c1-8(7-19-2)16-12-9-5-3-4-6-10(9)17-13(18-12)11(14)15/h3-6,8,11H,7H2,1-2H3,(H,16,17,18). The summed E-state index contributed by atoms with van der Waals surface area (Å²) in [5.74, 6) is 0.919. The highest BCUT2D eigenvalue weighted by molar-refractivity contribution is 7.98. The normalized spacial score (nSPS) is 12.9. The quantitative estimate of drug-likeness (QED) is 0.907. The van der Waals surface area contributed by atoms with E-state index in [2.05, 4.69) is 15.3 Å². The van der Waals surface area contributed by atoms with Gasteiger partial charge in [-0.1, -0.05) is 12.1 Å². The minimum atomic E-state index is -2.67. The number of nitrogens with one attached hydrogen (secondary N) is 1. The predicted octanol–water partition coefficient (Wildman–Crippen LogP) is 3.73. The minimum absolute atomic E-state index is 0.152. The van der Waals surface area contributed by atoms with Gasteiger partial charge >= 0.3 is 0 Å². The van der Waals surface area contributed by atoms with E-state index in [0.29, 0.717) is 11.3 Å². The molecule has 0 fully saturated rings. The van der Waals surface area contributed by atoms with Crippen LogP contribution in [0.2, 0.25) is 0 Å². The second kappa shape index (κ2) is 6.14. The molecular weight excluding hydrogens is 268 g/mol. The van der Waals surface area contributed by atoms with Crippen LogP contribution in [0.5, 0.6) is 0 Å². The van der Waals surface area contributed by atoms with Crippen LogP contribution in [0, 0.1) is 0 Å². The predicted molar refractivity (Wildman–Crippen MR) is 76.0 cm³/mol. The summed E-state index contributed by atoms with van der Waals surface area (Å²) in [4.78, 5) is 7.82. The van der Waals surface area contributed by atoms with Gasteiger partial charge in [0.15, 0.2) is 5.82 Å². The average Bonchev–Trinajstić information content (AvgIpc) is 2.38. The first kappa shape index (κ1) is 14.0. The van der Waals surface area contributed by atoms with Crippen LogP contribution in [0.3, 0.4) is 0 Å². The number of nitrogens with zero attached hydrogens (tertiary/aromatic N) is 2. The van der Waals surface area contributed by atoms with Crippen LogP contribution < -0.4 is 5.32 Å². The Hall–Kier alpha value is -1.43. The fourth-order valence-electron chi connectivity index (χ4n) is 1.83. The van der Waals surface area contributed by atoms with Crippen molar-refractivity contribution in [2.45, 2.75) is 19.4 Å². The Morgan fingerprint density at radius 3 is 2.68 bits per heavy atom. The van der Waals surface area contributed by atoms with Crippen LogP contribution in [0.25, 0.3) is 10.9 Å². The number of halogens is 2. The van der Waals surface area contributed by atoms with Crippen LogP contribution in [0.15, 0.2) is 24.3 Å². The van der Waals surface area contributed by atoms with E-state index in [1.165, 1.54) is 0 Å². The fourth-order valence-corrected chi connectivity index (χ4v) is 2.41. The van der Waals surface area contributed by atoms with Crippen LogP contribution in [-0.2, 0) is 0 Å². The van der Waals surface area contributed by atoms with Gasteiger partial charge in [0.1, 0.15) is 5.82 Å². The average molecular weight is 283 g/mol. The Morgan fingerprint density at radius 1 is 1.26 bits per heavy atom. The Balaban J connectivity index is 2.44. The van der Waals surface area contributed by atoms with Gasteiger partial charge in [-0.05, 0) is 25.3 Å². The maximum absolute atomic E-state index is 12.8. The first-order chi connectivity index (χ1) is 9.11. The molecule has 0 radical (unpaired) electrons. The molecule has 1 N–H and O–H groups in total. The number of para-hydroxylation sites is 1. The molecule has 0 aliphatic carbocycles. The van der Waals surface area contributed by atoms with E-state index in [1.54, 1.807) is 23.9 Å². The SMILES string of the molecule is CSCC(C)Nc1nc(C(F)F)nc2ccccc12. The van der Waals surface area contributed by atoms with Gasteiger partial charge in [-0.2, -0.15) is 11.8 Å². The van der Waals surface area contributed by atoms with Crippen LogP contribution in [0.1, 0.15) is 19.2 Å². The van der Waals surface area contributed by atoms with Gasteiger partial charge in [-0.15, -0.1) is 0 Å². The summed E-state index contributed by atoms with van der Waals surface area (Å²) in [6.07, 6.45) is -0.665. The largest absolute Gasteiger partial charge is 0.366 e. The summed E-state index contributed by atoms with van der Waals surface area (Å²) in [7, 11) is 0. The van der Waals surface area contributed by atoms with Crippen molar-refractivity contribution in [1.82, 2.24) is 9.97 Å². The third-order valence-electron chi connectivity index (χ3n) is 2.62. The second-order valence-corrected chi connectivity index (χ2v) is 5.16. The van der Waals surface area contributed by atoms with Gasteiger partial charge in [-0.3, -0.25) is 0 Å². The smallest absolute Gasteiger partial charge is 0.297 e. The lowest BCUT2D eigenvalue weighted by Crippen LogP contribution is -2.19. The molecule has 0 aliphatic heterocycles. The molecule has 1 unspecified atom stereocenters. The van der Waals surface area contributed by atoms with Crippen LogP contribution in [0.4, 0.5) is 14.6 Å². The van der Waals surface area contributed by atoms with E-state index >= 15 is 0 Å². The summed E-state index contributed by atoms with van der Waals surface area (Å²) in [6, 6.07) is 7.32. The van der Waals surface area contributed by atoms with Crippen molar-refractivity contribution in [3.05, 3.63) is 30.1 Å². The molecule has 0 bridgehead atoms. The highest BCUT2D eigenvalue weighted by atomic mass is 32.2. The lowest BCUT2D eigenvalue weighted by atomic mass is 10.2. The summed E-state index contributed by atoms with van der Waals surface area (Å²) in [5, 5.41) is 3.94. The lowest BCUT2D eigenvalue weighted by Gasteiger charge is -2.15. The molecule has 102 valence electrons. The van der Waals surface area contributed by atoms with Crippen molar-refractivity contribution in [3.63, 3.8) is 0 Å². The number of fused-ring (bicyclic) bond motifs is 1. The number of benzene rings is 1. The Labute approximate surface area is 114 Å². The van der Waals surface area contributed by atoms with Crippen molar-refractivity contribution in [2.75, 3.05) is 17.3 Å². The Bertz CT molecular complexity index is 563. The van der Waals surface area contributed by atoms with Gasteiger partial charge in [-0.25, -0.2) is 18.7 Å². The summed E-state index contributed by atoms with van der Waals surface area (Å²) in [5.41, 5.74) is 0.534. The topological polar surface area (TPSA) is 37.8 Å². The number of rotatable bonds is 5. The van der Waals surface area contributed by atoms with Crippen molar-refractivity contribution < 1.29 is 8.78 Å². The second-order valence-electron chi connectivity index (χ2n) is 4.25. The maximum Gasteiger partial charge on any atom is 0.297 e. The molecule has 2 rings (SSSR count). The molecule has 0 amide bonds. The fraction of sp³-hybridized carbons (Fsp3) is 0.385. The third kappa shape index (κ3) is 3.32. The summed E-state index contributed by atoms with van der Waals surface area (Å²) >= 11 is 1.69. The number of alkyl halides is 2. The summed E-state index contributed by atoms with van der Waals surface area (Å²) < 4.78 is 25.6.